The van der Waals surface area contributed by atoms with Gasteiger partial charge in [-0.2, -0.15) is 0 Å². The molecule has 1 aliphatic heterocycles. The van der Waals surface area contributed by atoms with Gasteiger partial charge in [0.15, 0.2) is 0 Å². The van der Waals surface area contributed by atoms with Crippen LogP contribution in [0.2, 0.25) is 0 Å². The number of rotatable bonds is 5. The number of carbonyl (C=O) groups excluding carboxylic acids is 2. The van der Waals surface area contributed by atoms with Crippen molar-refractivity contribution in [1.82, 2.24) is 10.6 Å². The second kappa shape index (κ2) is 6.79. The van der Waals surface area contributed by atoms with Crippen molar-refractivity contribution in [1.29, 1.82) is 0 Å². The molecule has 0 radical (unpaired) electrons. The van der Waals surface area contributed by atoms with Gasteiger partial charge in [-0.15, -0.1) is 11.8 Å². The van der Waals surface area contributed by atoms with Crippen LogP contribution >= 0.6 is 11.8 Å². The Labute approximate surface area is 123 Å². The van der Waals surface area contributed by atoms with E-state index in [0.29, 0.717) is 24.6 Å². The number of nitrogens with one attached hydrogen (secondary N) is 2. The van der Waals surface area contributed by atoms with E-state index in [0.717, 1.165) is 5.56 Å². The summed E-state index contributed by atoms with van der Waals surface area (Å²) in [5.41, 5.74) is 0.993. The van der Waals surface area contributed by atoms with Crippen LogP contribution in [0.4, 0.5) is 0 Å². The average molecular weight is 292 g/mol. The topological polar surface area (TPSA) is 58.2 Å². The Morgan fingerprint density at radius 2 is 2.10 bits per heavy atom. The summed E-state index contributed by atoms with van der Waals surface area (Å²) in [6.45, 7) is 4.85. The third kappa shape index (κ3) is 4.56. The first-order valence-electron chi connectivity index (χ1n) is 6.84. The molecular formula is C15H20N2O2S. The summed E-state index contributed by atoms with van der Waals surface area (Å²) in [6, 6.07) is 8.01. The Morgan fingerprint density at radius 1 is 1.40 bits per heavy atom. The highest BCUT2D eigenvalue weighted by atomic mass is 32.2. The number of carbonyl (C=O) groups is 2. The van der Waals surface area contributed by atoms with Crippen molar-refractivity contribution < 1.29 is 9.59 Å². The van der Waals surface area contributed by atoms with E-state index in [1.54, 1.807) is 11.8 Å². The fraction of sp³-hybridized carbons (Fsp3) is 0.467. The van der Waals surface area contributed by atoms with Crippen molar-refractivity contribution in [3.63, 3.8) is 0 Å². The molecule has 0 bridgehead atoms. The van der Waals surface area contributed by atoms with E-state index in [2.05, 4.69) is 24.5 Å². The molecule has 108 valence electrons. The van der Waals surface area contributed by atoms with Crippen LogP contribution in [-0.4, -0.2) is 29.7 Å². The normalized spacial score (nSPS) is 18.1. The summed E-state index contributed by atoms with van der Waals surface area (Å²) >= 11 is 1.81. The van der Waals surface area contributed by atoms with Crippen LogP contribution in [-0.2, 0) is 16.0 Å². The first-order valence-corrected chi connectivity index (χ1v) is 7.72. The van der Waals surface area contributed by atoms with Gasteiger partial charge in [-0.25, -0.2) is 0 Å². The minimum Gasteiger partial charge on any atom is -0.354 e. The second-order valence-corrected chi connectivity index (χ2v) is 6.91. The molecule has 0 saturated carbocycles. The van der Waals surface area contributed by atoms with E-state index >= 15 is 0 Å². The van der Waals surface area contributed by atoms with Gasteiger partial charge >= 0.3 is 0 Å². The largest absolute Gasteiger partial charge is 0.354 e. The predicted molar refractivity (Wildman–Crippen MR) is 80.7 cm³/mol. The number of hydrogen-bond donors (Lipinski definition) is 2. The van der Waals surface area contributed by atoms with E-state index in [-0.39, 0.29) is 17.9 Å². The molecule has 0 spiro atoms. The maximum Gasteiger partial charge on any atom is 0.224 e. The lowest BCUT2D eigenvalue weighted by molar-refractivity contribution is -0.121. The second-order valence-electron chi connectivity index (χ2n) is 5.26. The zero-order valence-electron chi connectivity index (χ0n) is 11.8. The van der Waals surface area contributed by atoms with Gasteiger partial charge < -0.3 is 10.6 Å². The van der Waals surface area contributed by atoms with Crippen LogP contribution in [0.25, 0.3) is 0 Å². The van der Waals surface area contributed by atoms with Crippen molar-refractivity contribution in [2.75, 3.05) is 6.54 Å². The monoisotopic (exact) mass is 292 g/mol. The van der Waals surface area contributed by atoms with Crippen LogP contribution in [0, 0.1) is 0 Å². The molecule has 1 aromatic rings. The highest BCUT2D eigenvalue weighted by Crippen LogP contribution is 2.22. The zero-order chi connectivity index (χ0) is 14.5. The summed E-state index contributed by atoms with van der Waals surface area (Å²) in [6.07, 6.45) is 0.743. The Bertz CT molecular complexity index is 485. The molecule has 1 aromatic carbocycles. The molecule has 2 N–H and O–H groups in total. The van der Waals surface area contributed by atoms with Crippen LogP contribution in [0.1, 0.15) is 25.8 Å². The standard InChI is InChI=1S/C15H20N2O2S/c1-10(2)20-13-5-3-11(4-6-13)7-15(19)17-12-8-14(18)16-9-12/h3-6,10,12H,7-9H2,1-2H3,(H,16,18)(H,17,19). The van der Waals surface area contributed by atoms with Gasteiger partial charge in [0.1, 0.15) is 0 Å². The SMILES string of the molecule is CC(C)Sc1ccc(CC(=O)NC2CNC(=O)C2)cc1. The molecular weight excluding hydrogens is 272 g/mol. The van der Waals surface area contributed by atoms with Crippen LogP contribution in [0.3, 0.4) is 0 Å². The fourth-order valence-corrected chi connectivity index (χ4v) is 2.97. The quantitative estimate of drug-likeness (QED) is 0.813. The fourth-order valence-electron chi connectivity index (χ4n) is 2.13. The number of amides is 2. The summed E-state index contributed by atoms with van der Waals surface area (Å²) < 4.78 is 0. The van der Waals surface area contributed by atoms with E-state index < -0.39 is 0 Å². The molecule has 2 amide bonds. The van der Waals surface area contributed by atoms with Crippen LogP contribution in [0.5, 0.6) is 0 Å². The van der Waals surface area contributed by atoms with Gasteiger partial charge in [-0.1, -0.05) is 26.0 Å². The van der Waals surface area contributed by atoms with Gasteiger partial charge in [0, 0.05) is 23.1 Å². The summed E-state index contributed by atoms with van der Waals surface area (Å²) in [4.78, 5) is 24.2. The molecule has 1 aliphatic rings. The lowest BCUT2D eigenvalue weighted by Crippen LogP contribution is -2.37. The molecule has 5 heteroatoms. The van der Waals surface area contributed by atoms with Crippen molar-refractivity contribution in [2.45, 2.75) is 42.9 Å². The third-order valence-electron chi connectivity index (χ3n) is 3.00. The highest BCUT2D eigenvalue weighted by Gasteiger charge is 2.22. The van der Waals surface area contributed by atoms with Crippen LogP contribution in [0.15, 0.2) is 29.2 Å². The van der Waals surface area contributed by atoms with Crippen molar-refractivity contribution >= 4 is 23.6 Å². The minimum atomic E-state index is -0.0641. The molecule has 1 unspecified atom stereocenters. The molecule has 1 heterocycles. The van der Waals surface area contributed by atoms with Gasteiger partial charge in [0.2, 0.25) is 11.8 Å². The van der Waals surface area contributed by atoms with Crippen molar-refractivity contribution in [3.05, 3.63) is 29.8 Å². The summed E-state index contributed by atoms with van der Waals surface area (Å²) in [5.74, 6) is -0.0267. The van der Waals surface area contributed by atoms with E-state index in [1.807, 2.05) is 24.3 Å². The van der Waals surface area contributed by atoms with E-state index in [1.165, 1.54) is 4.90 Å². The summed E-state index contributed by atoms with van der Waals surface area (Å²) in [7, 11) is 0. The zero-order valence-corrected chi connectivity index (χ0v) is 12.6. The molecule has 1 saturated heterocycles. The van der Waals surface area contributed by atoms with Gasteiger partial charge in [0.05, 0.1) is 12.5 Å². The maximum absolute atomic E-state index is 11.9. The Hall–Kier alpha value is -1.49. The smallest absolute Gasteiger partial charge is 0.224 e. The van der Waals surface area contributed by atoms with Gasteiger partial charge in [0.25, 0.3) is 0 Å². The van der Waals surface area contributed by atoms with Gasteiger partial charge in [-0.3, -0.25) is 9.59 Å². The Balaban J connectivity index is 1.83. The molecule has 4 nitrogen and oxygen atoms in total. The molecule has 0 aromatic heterocycles. The lowest BCUT2D eigenvalue weighted by Gasteiger charge is -2.11. The lowest BCUT2D eigenvalue weighted by atomic mass is 10.1. The first-order chi connectivity index (χ1) is 9.52. The average Bonchev–Trinajstić information content (AvgIpc) is 2.76. The number of benzene rings is 1. The van der Waals surface area contributed by atoms with Crippen LogP contribution < -0.4 is 10.6 Å². The minimum absolute atomic E-state index is 0.00497. The molecule has 20 heavy (non-hydrogen) atoms. The van der Waals surface area contributed by atoms with Crippen molar-refractivity contribution in [2.24, 2.45) is 0 Å². The third-order valence-corrected chi connectivity index (χ3v) is 4.02. The highest BCUT2D eigenvalue weighted by molar-refractivity contribution is 7.99. The Kier molecular flexibility index (Phi) is 5.06. The molecule has 0 aliphatic carbocycles. The van der Waals surface area contributed by atoms with Gasteiger partial charge in [-0.05, 0) is 17.7 Å². The number of thioether (sulfide) groups is 1. The first kappa shape index (κ1) is 14.9. The maximum atomic E-state index is 11.9. The van der Waals surface area contributed by atoms with E-state index in [4.69, 9.17) is 0 Å². The Morgan fingerprint density at radius 3 is 2.65 bits per heavy atom. The number of hydrogen-bond acceptors (Lipinski definition) is 3. The van der Waals surface area contributed by atoms with Crippen molar-refractivity contribution in [3.8, 4) is 0 Å². The van der Waals surface area contributed by atoms with E-state index in [9.17, 15) is 9.59 Å². The molecule has 1 atom stereocenters. The predicted octanol–water partition coefficient (Wildman–Crippen LogP) is 1.73. The molecule has 1 fully saturated rings. The molecule has 2 rings (SSSR count). The summed E-state index contributed by atoms with van der Waals surface area (Å²) in [5, 5.41) is 6.14.